The fraction of sp³-hybridized carbons (Fsp3) is 0.561. The van der Waals surface area contributed by atoms with Gasteiger partial charge in [0.15, 0.2) is 0 Å². The van der Waals surface area contributed by atoms with Crippen LogP contribution in [-0.2, 0) is 14.4 Å². The highest BCUT2D eigenvalue weighted by Crippen LogP contribution is 2.55. The summed E-state index contributed by atoms with van der Waals surface area (Å²) in [6.45, 7) is 24.2. The van der Waals surface area contributed by atoms with Gasteiger partial charge in [0.05, 0.1) is 44.8 Å². The lowest BCUT2D eigenvalue weighted by Crippen LogP contribution is -2.74. The van der Waals surface area contributed by atoms with Crippen molar-refractivity contribution in [3.8, 4) is 22.3 Å². The van der Waals surface area contributed by atoms with E-state index in [1.165, 1.54) is 0 Å². The number of nitrogens with one attached hydrogen (secondary N) is 3. The number of hydrogen-bond donors (Lipinski definition) is 4. The monoisotopic (exact) mass is 1060 g/mol. The number of aryl methyl sites for hydroxylation is 1. The topological polar surface area (TPSA) is 196 Å². The van der Waals surface area contributed by atoms with Crippen LogP contribution in [-0.4, -0.2) is 143 Å². The van der Waals surface area contributed by atoms with Gasteiger partial charge in [0.25, 0.3) is 5.91 Å². The lowest BCUT2D eigenvalue weighted by atomic mass is 9.49. The van der Waals surface area contributed by atoms with Crippen molar-refractivity contribution in [3.63, 3.8) is 0 Å². The molecular weight excluding hydrogens is 988 g/mol. The van der Waals surface area contributed by atoms with Crippen LogP contribution in [0.5, 0.6) is 5.75 Å². The predicted octanol–water partition coefficient (Wildman–Crippen LogP) is 7.10. The van der Waals surface area contributed by atoms with E-state index < -0.39 is 17.5 Å². The summed E-state index contributed by atoms with van der Waals surface area (Å²) in [4.78, 5) is 74.3. The Bertz CT molecular complexity index is 2710. The molecule has 18 heteroatoms. The molecule has 0 spiro atoms. The van der Waals surface area contributed by atoms with Crippen LogP contribution in [0, 0.1) is 46.3 Å². The van der Waals surface area contributed by atoms with Crippen LogP contribution in [0.3, 0.4) is 0 Å². The van der Waals surface area contributed by atoms with Crippen LogP contribution in [0.1, 0.15) is 108 Å². The standard InChI is InChI=1S/C57H75ClN10O6S/c1-35(39-10-12-40(13-11-39)48-36(2)61-34-75-48)62-51(72)45-26-38(33-69)31-68(45)52(73)49(55(3,4)5)63-47(70)32-66-24-22-65(23-25-66)20-18-37-19-21-67(30-37)46-17-15-42(29-60-46)50(71)64-53-56(6,7)54(57(53,8)9)74-43-16-14-41(28-59)44(58)27-43/h10-17,27,29,34-35,37-38,45,49,53-54,69H,18-26,30-33H2,1-9H3,(H,62,72)(H,63,70)(H,64,71)/t35-,37?,38+,45-,49+,53-,54-/m0/s1. The number of piperazine rings is 1. The van der Waals surface area contributed by atoms with Gasteiger partial charge in [-0.15, -0.1) is 11.3 Å². The number of halogens is 1. The minimum Gasteiger partial charge on any atom is -0.489 e. The molecule has 4 aliphatic rings. The van der Waals surface area contributed by atoms with Gasteiger partial charge in [0.2, 0.25) is 17.7 Å². The highest BCUT2D eigenvalue weighted by atomic mass is 35.5. The number of likely N-dealkylation sites (tertiary alicyclic amines) is 1. The second-order valence-electron chi connectivity index (χ2n) is 23.5. The summed E-state index contributed by atoms with van der Waals surface area (Å²) in [5, 5.41) is 29.2. The van der Waals surface area contributed by atoms with Crippen molar-refractivity contribution in [2.24, 2.45) is 28.1 Å². The maximum absolute atomic E-state index is 14.4. The maximum atomic E-state index is 14.4. The summed E-state index contributed by atoms with van der Waals surface area (Å²) in [5.41, 5.74) is 4.30. The highest BCUT2D eigenvalue weighted by molar-refractivity contribution is 7.13. The van der Waals surface area contributed by atoms with Gasteiger partial charge in [-0.25, -0.2) is 9.97 Å². The molecule has 0 radical (unpaired) electrons. The minimum absolute atomic E-state index is 0.145. The number of anilines is 1. The molecule has 402 valence electrons. The molecule has 75 heavy (non-hydrogen) atoms. The number of ether oxygens (including phenoxy) is 1. The lowest BCUT2D eigenvalue weighted by molar-refractivity contribution is -0.164. The lowest BCUT2D eigenvalue weighted by Gasteiger charge is -2.63. The van der Waals surface area contributed by atoms with Crippen LogP contribution in [0.15, 0.2) is 66.3 Å². The molecule has 2 aromatic carbocycles. The van der Waals surface area contributed by atoms with Crippen molar-refractivity contribution in [2.75, 3.05) is 70.4 Å². The molecule has 4 fully saturated rings. The first-order valence-electron chi connectivity index (χ1n) is 26.4. The molecule has 4 amide bonds. The molecule has 4 aromatic rings. The largest absolute Gasteiger partial charge is 0.489 e. The second kappa shape index (κ2) is 22.9. The molecule has 5 heterocycles. The molecule has 4 N–H and O–H groups in total. The zero-order valence-corrected chi connectivity index (χ0v) is 46.6. The minimum atomic E-state index is -0.866. The average molecular weight is 1060 g/mol. The van der Waals surface area contributed by atoms with Gasteiger partial charge in [0, 0.05) is 87.5 Å². The normalized spacial score (nSPS) is 23.4. The molecule has 0 bridgehead atoms. The number of aliphatic hydroxyl groups excluding tert-OH is 1. The third kappa shape index (κ3) is 12.5. The van der Waals surface area contributed by atoms with Gasteiger partial charge >= 0.3 is 0 Å². The third-order valence-corrected chi connectivity index (χ3v) is 17.5. The van der Waals surface area contributed by atoms with E-state index in [4.69, 9.17) is 21.3 Å². The van der Waals surface area contributed by atoms with Crippen molar-refractivity contribution in [1.82, 2.24) is 40.6 Å². The molecule has 3 saturated heterocycles. The Morgan fingerprint density at radius 1 is 0.933 bits per heavy atom. The molecule has 5 atom stereocenters. The van der Waals surface area contributed by atoms with Gasteiger partial charge in [-0.05, 0) is 86.4 Å². The van der Waals surface area contributed by atoms with E-state index in [2.05, 4.69) is 69.4 Å². The number of hydrogen-bond acceptors (Lipinski definition) is 13. The smallest absolute Gasteiger partial charge is 0.253 e. The second-order valence-corrected chi connectivity index (χ2v) is 24.8. The Labute approximate surface area is 451 Å². The van der Waals surface area contributed by atoms with Crippen LogP contribution in [0.4, 0.5) is 5.82 Å². The number of rotatable bonds is 17. The van der Waals surface area contributed by atoms with Crippen LogP contribution >= 0.6 is 22.9 Å². The fourth-order valence-electron chi connectivity index (χ4n) is 12.0. The number of pyridine rings is 1. The summed E-state index contributed by atoms with van der Waals surface area (Å²) in [5.74, 6) is 0.705. The number of thiazole rings is 1. The highest BCUT2D eigenvalue weighted by Gasteiger charge is 2.64. The van der Waals surface area contributed by atoms with Crippen molar-refractivity contribution in [2.45, 2.75) is 112 Å². The Kier molecular flexibility index (Phi) is 17.0. The van der Waals surface area contributed by atoms with E-state index in [0.717, 1.165) is 86.2 Å². The number of nitriles is 1. The van der Waals surface area contributed by atoms with Crippen LogP contribution in [0.2, 0.25) is 5.02 Å². The Morgan fingerprint density at radius 2 is 1.64 bits per heavy atom. The number of carbonyl (C=O) groups is 4. The summed E-state index contributed by atoms with van der Waals surface area (Å²) in [7, 11) is 0. The molecular formula is C57H75ClN10O6S. The van der Waals surface area contributed by atoms with Crippen molar-refractivity contribution < 1.29 is 29.0 Å². The fourth-order valence-corrected chi connectivity index (χ4v) is 13.0. The number of aliphatic hydroxyl groups is 1. The number of nitrogens with zero attached hydrogens (tertiary/aromatic N) is 7. The third-order valence-electron chi connectivity index (χ3n) is 16.2. The van der Waals surface area contributed by atoms with E-state index in [1.807, 2.05) is 76.5 Å². The van der Waals surface area contributed by atoms with Gasteiger partial charge in [-0.2, -0.15) is 5.26 Å². The summed E-state index contributed by atoms with van der Waals surface area (Å²) in [6, 6.07) is 16.9. The number of carbonyl (C=O) groups excluding carboxylic acids is 4. The quantitative estimate of drug-likeness (QED) is 0.0839. The maximum Gasteiger partial charge on any atom is 0.253 e. The number of amides is 4. The average Bonchev–Trinajstić information content (AvgIpc) is 4.19. The van der Waals surface area contributed by atoms with Gasteiger partial charge in [-0.3, -0.25) is 24.1 Å². The molecule has 8 rings (SSSR count). The van der Waals surface area contributed by atoms with Crippen molar-refractivity contribution in [3.05, 3.63) is 93.7 Å². The van der Waals surface area contributed by atoms with E-state index in [9.17, 15) is 29.5 Å². The molecule has 1 unspecified atom stereocenters. The zero-order valence-electron chi connectivity index (χ0n) is 45.0. The van der Waals surface area contributed by atoms with Gasteiger partial charge in [0.1, 0.15) is 35.8 Å². The number of aromatic nitrogens is 2. The molecule has 2 aromatic heterocycles. The van der Waals surface area contributed by atoms with E-state index >= 15 is 0 Å². The van der Waals surface area contributed by atoms with Crippen molar-refractivity contribution >= 4 is 52.4 Å². The molecule has 3 aliphatic heterocycles. The Hall–Kier alpha value is -5.64. The predicted molar refractivity (Wildman–Crippen MR) is 292 cm³/mol. The summed E-state index contributed by atoms with van der Waals surface area (Å²) < 4.78 is 6.40. The van der Waals surface area contributed by atoms with E-state index in [1.54, 1.807) is 40.6 Å². The van der Waals surface area contributed by atoms with Gasteiger partial charge < -0.3 is 40.5 Å². The van der Waals surface area contributed by atoms with Gasteiger partial charge in [-0.1, -0.05) is 84.3 Å². The first kappa shape index (κ1) is 55.6. The molecule has 1 saturated carbocycles. The first-order chi connectivity index (χ1) is 35.6. The van der Waals surface area contributed by atoms with Crippen LogP contribution in [0.25, 0.3) is 10.4 Å². The number of benzene rings is 2. The summed E-state index contributed by atoms with van der Waals surface area (Å²) >= 11 is 7.86. The molecule has 1 aliphatic carbocycles. The summed E-state index contributed by atoms with van der Waals surface area (Å²) in [6.07, 6.45) is 3.91. The van der Waals surface area contributed by atoms with Crippen molar-refractivity contribution in [1.29, 1.82) is 5.26 Å². The van der Waals surface area contributed by atoms with E-state index in [0.29, 0.717) is 34.2 Å². The Balaban J connectivity index is 0.762. The van der Waals surface area contributed by atoms with Crippen LogP contribution < -0.4 is 25.6 Å². The van der Waals surface area contributed by atoms with E-state index in [-0.39, 0.29) is 78.3 Å². The zero-order chi connectivity index (χ0) is 54.0. The first-order valence-corrected chi connectivity index (χ1v) is 27.7. The Morgan fingerprint density at radius 3 is 2.25 bits per heavy atom. The SMILES string of the molecule is Cc1ncsc1-c1ccc([C@H](C)NC(=O)[C@@H]2C[C@@H](CO)CN2C(=O)[C@@H](NC(=O)CN2CCN(CCC3CCN(c4ccc(C(=O)N[C@H]5C(C)(C)[C@H](Oc6ccc(C#N)c(Cl)c6)C5(C)C)cn4)C3)CC2)C(C)(C)C)cc1. The molecule has 16 nitrogen and oxygen atoms in total.